The van der Waals surface area contributed by atoms with E-state index in [1.165, 1.54) is 10.6 Å². The van der Waals surface area contributed by atoms with E-state index in [2.05, 4.69) is 10.1 Å². The van der Waals surface area contributed by atoms with Crippen LogP contribution in [0.2, 0.25) is 5.02 Å². The number of hydrogen-bond donors (Lipinski definition) is 1. The number of aromatic carboxylic acids is 1. The van der Waals surface area contributed by atoms with Gasteiger partial charge in [-0.1, -0.05) is 29.8 Å². The van der Waals surface area contributed by atoms with Gasteiger partial charge >= 0.3 is 5.97 Å². The number of pyridine rings is 1. The molecular weight excluding hydrogens is 278 g/mol. The molecule has 2 heterocycles. The van der Waals surface area contributed by atoms with Crippen LogP contribution < -0.4 is 0 Å². The van der Waals surface area contributed by atoms with Crippen molar-refractivity contribution in [1.82, 2.24) is 14.6 Å². The first kappa shape index (κ1) is 12.6. The summed E-state index contributed by atoms with van der Waals surface area (Å²) in [5.41, 5.74) is 1.37. The van der Waals surface area contributed by atoms with Crippen molar-refractivity contribution in [3.05, 3.63) is 64.6 Å². The zero-order valence-electron chi connectivity index (χ0n) is 10.3. The molecule has 20 heavy (non-hydrogen) atoms. The van der Waals surface area contributed by atoms with Crippen LogP contribution in [0.1, 0.15) is 21.7 Å². The Morgan fingerprint density at radius 1 is 1.25 bits per heavy atom. The van der Waals surface area contributed by atoms with E-state index in [0.717, 1.165) is 5.56 Å². The number of benzene rings is 1. The molecule has 0 saturated heterocycles. The number of halogens is 1. The maximum absolute atomic E-state index is 11.1. The summed E-state index contributed by atoms with van der Waals surface area (Å²) < 4.78 is 1.47. The standard InChI is InChI=1S/C14H10ClN3O2/c15-11-6-2-1-4-9(11)8-12-16-13-10(14(19)20)5-3-7-18(13)17-12/h1-7H,8H2,(H,19,20). The Labute approximate surface area is 119 Å². The zero-order valence-corrected chi connectivity index (χ0v) is 11.1. The van der Waals surface area contributed by atoms with Crippen molar-refractivity contribution < 1.29 is 9.90 Å². The Morgan fingerprint density at radius 2 is 2.05 bits per heavy atom. The number of carbonyl (C=O) groups is 1. The third-order valence-electron chi connectivity index (χ3n) is 2.94. The molecule has 0 atom stereocenters. The molecule has 0 bridgehead atoms. The molecule has 0 radical (unpaired) electrons. The minimum Gasteiger partial charge on any atom is -0.478 e. The summed E-state index contributed by atoms with van der Waals surface area (Å²) in [4.78, 5) is 15.4. The Bertz CT molecular complexity index is 798. The smallest absolute Gasteiger partial charge is 0.339 e. The summed E-state index contributed by atoms with van der Waals surface area (Å²) in [5, 5.41) is 14.0. The lowest BCUT2D eigenvalue weighted by molar-refractivity contribution is 0.0698. The van der Waals surface area contributed by atoms with E-state index in [9.17, 15) is 4.79 Å². The van der Waals surface area contributed by atoms with E-state index in [1.54, 1.807) is 18.3 Å². The van der Waals surface area contributed by atoms with Crippen LogP contribution in [0.4, 0.5) is 0 Å². The Hall–Kier alpha value is -2.40. The van der Waals surface area contributed by atoms with E-state index < -0.39 is 5.97 Å². The molecule has 3 aromatic rings. The van der Waals surface area contributed by atoms with Gasteiger partial charge < -0.3 is 5.11 Å². The second-order valence-corrected chi connectivity index (χ2v) is 4.70. The fourth-order valence-electron chi connectivity index (χ4n) is 2.00. The summed E-state index contributed by atoms with van der Waals surface area (Å²) in [5.74, 6) is -0.487. The second-order valence-electron chi connectivity index (χ2n) is 4.29. The highest BCUT2D eigenvalue weighted by atomic mass is 35.5. The third kappa shape index (κ3) is 2.23. The predicted octanol–water partition coefficient (Wildman–Crippen LogP) is 2.67. The van der Waals surface area contributed by atoms with E-state index in [0.29, 0.717) is 22.9 Å². The molecule has 1 N–H and O–H groups in total. The summed E-state index contributed by atoms with van der Waals surface area (Å²) in [6.07, 6.45) is 2.13. The number of carboxylic acid groups (broad SMARTS) is 1. The van der Waals surface area contributed by atoms with Crippen molar-refractivity contribution >= 4 is 23.2 Å². The van der Waals surface area contributed by atoms with Crippen molar-refractivity contribution in [3.63, 3.8) is 0 Å². The molecule has 0 amide bonds. The van der Waals surface area contributed by atoms with Gasteiger partial charge in [-0.3, -0.25) is 0 Å². The highest BCUT2D eigenvalue weighted by molar-refractivity contribution is 6.31. The van der Waals surface area contributed by atoms with Crippen LogP contribution in [0.3, 0.4) is 0 Å². The van der Waals surface area contributed by atoms with Crippen molar-refractivity contribution in [2.24, 2.45) is 0 Å². The first-order chi connectivity index (χ1) is 9.65. The number of nitrogens with zero attached hydrogens (tertiary/aromatic N) is 3. The van der Waals surface area contributed by atoms with Gasteiger partial charge in [0.15, 0.2) is 11.5 Å². The van der Waals surface area contributed by atoms with Crippen LogP contribution in [-0.4, -0.2) is 25.7 Å². The van der Waals surface area contributed by atoms with Crippen LogP contribution in [0, 0.1) is 0 Å². The zero-order chi connectivity index (χ0) is 14.1. The lowest BCUT2D eigenvalue weighted by Gasteiger charge is -1.99. The second kappa shape index (κ2) is 4.94. The van der Waals surface area contributed by atoms with E-state index in [1.807, 2.05) is 18.2 Å². The van der Waals surface area contributed by atoms with Crippen LogP contribution >= 0.6 is 11.6 Å². The minimum atomic E-state index is -1.02. The average Bonchev–Trinajstić information content (AvgIpc) is 2.83. The largest absolute Gasteiger partial charge is 0.478 e. The van der Waals surface area contributed by atoms with Gasteiger partial charge in [-0.2, -0.15) is 5.10 Å². The molecule has 100 valence electrons. The predicted molar refractivity (Wildman–Crippen MR) is 74.2 cm³/mol. The van der Waals surface area contributed by atoms with Crippen molar-refractivity contribution in [2.45, 2.75) is 6.42 Å². The molecule has 0 aliphatic heterocycles. The van der Waals surface area contributed by atoms with Crippen molar-refractivity contribution in [3.8, 4) is 0 Å². The van der Waals surface area contributed by atoms with Gasteiger partial charge in [-0.05, 0) is 23.8 Å². The Morgan fingerprint density at radius 3 is 2.80 bits per heavy atom. The normalized spacial score (nSPS) is 10.8. The fourth-order valence-corrected chi connectivity index (χ4v) is 2.21. The molecule has 0 unspecified atom stereocenters. The maximum atomic E-state index is 11.1. The average molecular weight is 288 g/mol. The lowest BCUT2D eigenvalue weighted by Crippen LogP contribution is -2.00. The van der Waals surface area contributed by atoms with E-state index in [-0.39, 0.29) is 5.56 Å². The van der Waals surface area contributed by atoms with Crippen LogP contribution in [0.15, 0.2) is 42.6 Å². The SMILES string of the molecule is O=C(O)c1cccn2nc(Cc3ccccc3Cl)nc12. The Balaban J connectivity index is 2.04. The quantitative estimate of drug-likeness (QED) is 0.804. The molecular formula is C14H10ClN3O2. The van der Waals surface area contributed by atoms with Crippen LogP contribution in [0.5, 0.6) is 0 Å². The molecule has 0 saturated carbocycles. The third-order valence-corrected chi connectivity index (χ3v) is 3.31. The topological polar surface area (TPSA) is 67.5 Å². The van der Waals surface area contributed by atoms with E-state index >= 15 is 0 Å². The van der Waals surface area contributed by atoms with Gasteiger partial charge in [-0.25, -0.2) is 14.3 Å². The highest BCUT2D eigenvalue weighted by Gasteiger charge is 2.13. The fraction of sp³-hybridized carbons (Fsp3) is 0.0714. The molecule has 2 aromatic heterocycles. The number of carboxylic acids is 1. The van der Waals surface area contributed by atoms with Gasteiger partial charge in [0.25, 0.3) is 0 Å². The van der Waals surface area contributed by atoms with Crippen LogP contribution in [0.25, 0.3) is 5.65 Å². The number of aromatic nitrogens is 3. The molecule has 0 aliphatic rings. The molecule has 1 aromatic carbocycles. The molecule has 0 aliphatic carbocycles. The van der Waals surface area contributed by atoms with Crippen LogP contribution in [-0.2, 0) is 6.42 Å². The summed E-state index contributed by atoms with van der Waals surface area (Å²) in [6, 6.07) is 10.6. The summed E-state index contributed by atoms with van der Waals surface area (Å²) in [6.45, 7) is 0. The molecule has 3 rings (SSSR count). The molecule has 5 nitrogen and oxygen atoms in total. The van der Waals surface area contributed by atoms with Gasteiger partial charge in [0, 0.05) is 17.6 Å². The van der Waals surface area contributed by atoms with Gasteiger partial charge in [0.2, 0.25) is 0 Å². The minimum absolute atomic E-state index is 0.130. The van der Waals surface area contributed by atoms with Gasteiger partial charge in [0.05, 0.1) is 0 Å². The lowest BCUT2D eigenvalue weighted by atomic mass is 10.1. The first-order valence-electron chi connectivity index (χ1n) is 5.96. The van der Waals surface area contributed by atoms with Crippen molar-refractivity contribution in [2.75, 3.05) is 0 Å². The number of hydrogen-bond acceptors (Lipinski definition) is 3. The van der Waals surface area contributed by atoms with Gasteiger partial charge in [0.1, 0.15) is 5.56 Å². The summed E-state index contributed by atoms with van der Waals surface area (Å²) >= 11 is 6.10. The molecule has 6 heteroatoms. The summed E-state index contributed by atoms with van der Waals surface area (Å²) in [7, 11) is 0. The first-order valence-corrected chi connectivity index (χ1v) is 6.34. The number of rotatable bonds is 3. The Kier molecular flexibility index (Phi) is 3.12. The van der Waals surface area contributed by atoms with Gasteiger partial charge in [-0.15, -0.1) is 0 Å². The number of fused-ring (bicyclic) bond motifs is 1. The highest BCUT2D eigenvalue weighted by Crippen LogP contribution is 2.18. The molecule has 0 spiro atoms. The monoisotopic (exact) mass is 287 g/mol. The van der Waals surface area contributed by atoms with E-state index in [4.69, 9.17) is 16.7 Å². The molecule has 0 fully saturated rings. The maximum Gasteiger partial charge on any atom is 0.339 e. The van der Waals surface area contributed by atoms with Crippen molar-refractivity contribution in [1.29, 1.82) is 0 Å².